The van der Waals surface area contributed by atoms with E-state index in [9.17, 15) is 4.79 Å². The molecular weight excluding hydrogens is 236 g/mol. The molecule has 0 fully saturated rings. The van der Waals surface area contributed by atoms with Crippen LogP contribution in [0.4, 0.5) is 0 Å². The molecule has 0 heterocycles. The number of hydrogen-bond acceptors (Lipinski definition) is 2. The first-order valence-corrected chi connectivity index (χ1v) is 6.73. The minimum absolute atomic E-state index is 0.0274. The number of nitrogens with one attached hydrogen (secondary N) is 1. The van der Waals surface area contributed by atoms with Gasteiger partial charge in [0.05, 0.1) is 6.54 Å². The van der Waals surface area contributed by atoms with Gasteiger partial charge in [-0.1, -0.05) is 19.9 Å². The molecule has 0 saturated heterocycles. The van der Waals surface area contributed by atoms with Crippen molar-refractivity contribution in [2.24, 2.45) is 5.73 Å². The number of benzene rings is 1. The van der Waals surface area contributed by atoms with Crippen LogP contribution in [0.3, 0.4) is 0 Å². The molecule has 3 N–H and O–H groups in total. The molecule has 0 aliphatic rings. The Morgan fingerprint density at radius 2 is 1.63 bits per heavy atom. The topological polar surface area (TPSA) is 55.1 Å². The van der Waals surface area contributed by atoms with E-state index in [2.05, 4.69) is 52.9 Å². The summed E-state index contributed by atoms with van der Waals surface area (Å²) in [5, 5.41) is 3.14. The summed E-state index contributed by atoms with van der Waals surface area (Å²) in [7, 11) is 0. The molecule has 0 radical (unpaired) electrons. The minimum atomic E-state index is -0.315. The molecule has 19 heavy (non-hydrogen) atoms. The van der Waals surface area contributed by atoms with E-state index in [1.54, 1.807) is 0 Å². The van der Waals surface area contributed by atoms with Gasteiger partial charge in [0, 0.05) is 12.0 Å². The maximum atomic E-state index is 10.8. The van der Waals surface area contributed by atoms with Crippen molar-refractivity contribution in [3.05, 3.63) is 33.9 Å². The van der Waals surface area contributed by atoms with Crippen molar-refractivity contribution < 1.29 is 4.79 Å². The molecule has 1 rings (SSSR count). The van der Waals surface area contributed by atoms with Gasteiger partial charge in [-0.15, -0.1) is 0 Å². The zero-order chi connectivity index (χ0) is 14.8. The Kier molecular flexibility index (Phi) is 4.75. The molecule has 106 valence electrons. The number of rotatable bonds is 5. The molecule has 3 nitrogen and oxygen atoms in total. The predicted octanol–water partition coefficient (Wildman–Crippen LogP) is 2.27. The Bertz CT molecular complexity index is 464. The lowest BCUT2D eigenvalue weighted by atomic mass is 9.77. The van der Waals surface area contributed by atoms with E-state index in [0.29, 0.717) is 0 Å². The van der Waals surface area contributed by atoms with Crippen LogP contribution in [0, 0.1) is 27.7 Å². The van der Waals surface area contributed by atoms with E-state index in [0.717, 1.165) is 6.54 Å². The van der Waals surface area contributed by atoms with Crippen LogP contribution in [-0.4, -0.2) is 19.0 Å². The van der Waals surface area contributed by atoms with E-state index in [-0.39, 0.29) is 17.9 Å². The van der Waals surface area contributed by atoms with Crippen molar-refractivity contribution in [2.45, 2.75) is 47.0 Å². The number of amides is 1. The van der Waals surface area contributed by atoms with Gasteiger partial charge in [-0.2, -0.15) is 0 Å². The average Bonchev–Trinajstić information content (AvgIpc) is 2.25. The molecule has 0 atom stereocenters. The van der Waals surface area contributed by atoms with Crippen LogP contribution in [-0.2, 0) is 10.2 Å². The minimum Gasteiger partial charge on any atom is -0.369 e. The van der Waals surface area contributed by atoms with Gasteiger partial charge in [0.2, 0.25) is 5.91 Å². The molecule has 0 aliphatic heterocycles. The number of carbonyl (C=O) groups excluding carboxylic acids is 1. The van der Waals surface area contributed by atoms with Crippen molar-refractivity contribution in [1.82, 2.24) is 5.32 Å². The van der Waals surface area contributed by atoms with E-state index >= 15 is 0 Å². The SMILES string of the molecule is Cc1cc(C)c(C)c(C(C)(C)CNCC(N)=O)c1C. The van der Waals surface area contributed by atoms with Crippen molar-refractivity contribution in [3.63, 3.8) is 0 Å². The Morgan fingerprint density at radius 1 is 1.16 bits per heavy atom. The second-order valence-corrected chi connectivity index (χ2v) is 6.09. The maximum Gasteiger partial charge on any atom is 0.231 e. The molecule has 1 amide bonds. The van der Waals surface area contributed by atoms with E-state index in [1.807, 2.05) is 0 Å². The molecular formula is C16H26N2O. The Balaban J connectivity index is 3.10. The van der Waals surface area contributed by atoms with Gasteiger partial charge >= 0.3 is 0 Å². The first-order chi connectivity index (χ1) is 8.66. The first kappa shape index (κ1) is 15.7. The third-order valence-corrected chi connectivity index (χ3v) is 3.91. The molecule has 0 aromatic heterocycles. The van der Waals surface area contributed by atoms with Crippen LogP contribution in [0.1, 0.15) is 41.7 Å². The molecule has 3 heteroatoms. The molecule has 0 bridgehead atoms. The summed E-state index contributed by atoms with van der Waals surface area (Å²) in [5.41, 5.74) is 11.8. The molecule has 0 spiro atoms. The molecule has 0 saturated carbocycles. The van der Waals surface area contributed by atoms with Gasteiger partial charge in [-0.25, -0.2) is 0 Å². The molecule has 0 aliphatic carbocycles. The Labute approximate surface area is 116 Å². The zero-order valence-corrected chi connectivity index (χ0v) is 13.0. The highest BCUT2D eigenvalue weighted by Gasteiger charge is 2.25. The zero-order valence-electron chi connectivity index (χ0n) is 13.0. The monoisotopic (exact) mass is 262 g/mol. The molecule has 0 unspecified atom stereocenters. The lowest BCUT2D eigenvalue weighted by molar-refractivity contribution is -0.117. The number of aryl methyl sites for hydroxylation is 2. The maximum absolute atomic E-state index is 10.8. The van der Waals surface area contributed by atoms with Crippen molar-refractivity contribution in [3.8, 4) is 0 Å². The Morgan fingerprint density at radius 3 is 2.05 bits per heavy atom. The van der Waals surface area contributed by atoms with E-state index < -0.39 is 0 Å². The second kappa shape index (κ2) is 5.74. The van der Waals surface area contributed by atoms with Crippen molar-refractivity contribution in [1.29, 1.82) is 0 Å². The van der Waals surface area contributed by atoms with Crippen LogP contribution in [0.5, 0.6) is 0 Å². The number of nitrogens with two attached hydrogens (primary N) is 1. The number of primary amides is 1. The third kappa shape index (κ3) is 3.57. The first-order valence-electron chi connectivity index (χ1n) is 6.73. The lowest BCUT2D eigenvalue weighted by Crippen LogP contribution is -2.38. The standard InChI is InChI=1S/C16H26N2O/c1-10-7-11(2)13(4)15(12(10)3)16(5,6)9-18-8-14(17)19/h7,18H,8-9H2,1-6H3,(H2,17,19). The van der Waals surface area contributed by atoms with Gasteiger partial charge in [0.15, 0.2) is 0 Å². The fraction of sp³-hybridized carbons (Fsp3) is 0.562. The summed E-state index contributed by atoms with van der Waals surface area (Å²) < 4.78 is 0. The number of hydrogen-bond donors (Lipinski definition) is 2. The van der Waals surface area contributed by atoms with Crippen LogP contribution >= 0.6 is 0 Å². The average molecular weight is 262 g/mol. The lowest BCUT2D eigenvalue weighted by Gasteiger charge is -2.31. The summed E-state index contributed by atoms with van der Waals surface area (Å²) in [6.45, 7) is 14.0. The van der Waals surface area contributed by atoms with Crippen LogP contribution in [0.15, 0.2) is 6.07 Å². The van der Waals surface area contributed by atoms with Gasteiger partial charge in [-0.05, 0) is 55.5 Å². The third-order valence-electron chi connectivity index (χ3n) is 3.91. The van der Waals surface area contributed by atoms with Gasteiger partial charge in [-0.3, -0.25) is 4.79 Å². The van der Waals surface area contributed by atoms with Crippen LogP contribution < -0.4 is 11.1 Å². The van der Waals surface area contributed by atoms with Crippen molar-refractivity contribution in [2.75, 3.05) is 13.1 Å². The van der Waals surface area contributed by atoms with Crippen molar-refractivity contribution >= 4 is 5.91 Å². The van der Waals surface area contributed by atoms with Gasteiger partial charge < -0.3 is 11.1 Å². The largest absolute Gasteiger partial charge is 0.369 e. The van der Waals surface area contributed by atoms with Crippen LogP contribution in [0.2, 0.25) is 0 Å². The highest BCUT2D eigenvalue weighted by atomic mass is 16.1. The van der Waals surface area contributed by atoms with E-state index in [4.69, 9.17) is 5.73 Å². The fourth-order valence-electron chi connectivity index (χ4n) is 2.82. The van der Waals surface area contributed by atoms with E-state index in [1.165, 1.54) is 27.8 Å². The second-order valence-electron chi connectivity index (χ2n) is 6.09. The summed E-state index contributed by atoms with van der Waals surface area (Å²) in [5.74, 6) is -0.315. The highest BCUT2D eigenvalue weighted by molar-refractivity contribution is 5.75. The smallest absolute Gasteiger partial charge is 0.231 e. The summed E-state index contributed by atoms with van der Waals surface area (Å²) in [6.07, 6.45) is 0. The normalized spacial score (nSPS) is 11.7. The summed E-state index contributed by atoms with van der Waals surface area (Å²) >= 11 is 0. The summed E-state index contributed by atoms with van der Waals surface area (Å²) in [4.78, 5) is 10.8. The van der Waals surface area contributed by atoms with Gasteiger partial charge in [0.25, 0.3) is 0 Å². The quantitative estimate of drug-likeness (QED) is 0.855. The van der Waals surface area contributed by atoms with Gasteiger partial charge in [0.1, 0.15) is 0 Å². The highest BCUT2D eigenvalue weighted by Crippen LogP contribution is 2.32. The number of carbonyl (C=O) groups is 1. The molecule has 1 aromatic rings. The molecule has 1 aromatic carbocycles. The summed E-state index contributed by atoms with van der Waals surface area (Å²) in [6, 6.07) is 2.24. The predicted molar refractivity (Wildman–Crippen MR) is 80.5 cm³/mol. The van der Waals surface area contributed by atoms with Crippen LogP contribution in [0.25, 0.3) is 0 Å². The Hall–Kier alpha value is -1.35. The fourth-order valence-corrected chi connectivity index (χ4v) is 2.82.